The van der Waals surface area contributed by atoms with E-state index in [9.17, 15) is 9.18 Å². The van der Waals surface area contributed by atoms with Crippen LogP contribution in [-0.4, -0.2) is 64.4 Å². The number of amides is 1. The summed E-state index contributed by atoms with van der Waals surface area (Å²) in [5, 5.41) is 10.6. The first-order valence-corrected chi connectivity index (χ1v) is 12.8. The predicted molar refractivity (Wildman–Crippen MR) is 144 cm³/mol. The van der Waals surface area contributed by atoms with E-state index in [2.05, 4.69) is 35.5 Å². The Bertz CT molecular complexity index is 1660. The number of nitrogens with one attached hydrogen (secondary N) is 2. The lowest BCUT2D eigenvalue weighted by molar-refractivity contribution is 0.0189. The molecule has 1 amide bonds. The minimum Gasteiger partial charge on any atom is -0.444 e. The summed E-state index contributed by atoms with van der Waals surface area (Å²) in [6.07, 6.45) is 7.35. The molecule has 0 bridgehead atoms. The van der Waals surface area contributed by atoms with Crippen LogP contribution in [0.15, 0.2) is 49.1 Å². The highest BCUT2D eigenvalue weighted by Crippen LogP contribution is 2.30. The second-order valence-corrected chi connectivity index (χ2v) is 10.5. The molecule has 11 nitrogen and oxygen atoms in total. The lowest BCUT2D eigenvalue weighted by Crippen LogP contribution is -2.42. The summed E-state index contributed by atoms with van der Waals surface area (Å²) in [6.45, 7) is 6.57. The molecule has 1 fully saturated rings. The molecule has 12 heteroatoms. The van der Waals surface area contributed by atoms with Gasteiger partial charge >= 0.3 is 6.09 Å². The molecule has 0 radical (unpaired) electrons. The topological polar surface area (TPSA) is 127 Å². The van der Waals surface area contributed by atoms with Crippen LogP contribution < -0.4 is 5.32 Å². The molecule has 6 heterocycles. The Balaban J connectivity index is 1.21. The molecular formula is C27H28FN9O2. The van der Waals surface area contributed by atoms with Crippen molar-refractivity contribution in [2.75, 3.05) is 18.4 Å². The summed E-state index contributed by atoms with van der Waals surface area (Å²) in [6, 6.07) is 7.45. The van der Waals surface area contributed by atoms with E-state index in [4.69, 9.17) is 4.74 Å². The number of pyridine rings is 2. The highest BCUT2D eigenvalue weighted by Gasteiger charge is 2.29. The van der Waals surface area contributed by atoms with Crippen molar-refractivity contribution in [3.05, 3.63) is 54.9 Å². The van der Waals surface area contributed by atoms with Gasteiger partial charge in [0.25, 0.3) is 0 Å². The molecule has 2 N–H and O–H groups in total. The van der Waals surface area contributed by atoms with Crippen molar-refractivity contribution in [2.45, 2.75) is 45.3 Å². The van der Waals surface area contributed by atoms with Gasteiger partial charge in [-0.25, -0.2) is 19.2 Å². The number of carbonyl (C=O) groups is 1. The zero-order chi connectivity index (χ0) is 27.1. The predicted octanol–water partition coefficient (Wildman–Crippen LogP) is 5.22. The van der Waals surface area contributed by atoms with Crippen LogP contribution >= 0.6 is 0 Å². The minimum atomic E-state index is -0.551. The molecule has 0 aliphatic carbocycles. The first kappa shape index (κ1) is 24.7. The number of nitrogens with zero attached hydrogens (tertiary/aromatic N) is 7. The molecule has 0 aromatic carbocycles. The Morgan fingerprint density at radius 1 is 1.10 bits per heavy atom. The maximum Gasteiger partial charge on any atom is 0.410 e. The molecule has 0 saturated carbocycles. The average molecular weight is 530 g/mol. The summed E-state index contributed by atoms with van der Waals surface area (Å²) in [4.78, 5) is 31.9. The molecule has 6 rings (SSSR count). The van der Waals surface area contributed by atoms with Crippen LogP contribution in [0.5, 0.6) is 0 Å². The van der Waals surface area contributed by atoms with Crippen molar-refractivity contribution in [1.82, 2.24) is 39.6 Å². The summed E-state index contributed by atoms with van der Waals surface area (Å²) in [5.41, 5.74) is 3.28. The Hall–Kier alpha value is -4.61. The Kier molecular flexibility index (Phi) is 6.09. The number of piperidine rings is 1. The van der Waals surface area contributed by atoms with E-state index >= 15 is 0 Å². The summed E-state index contributed by atoms with van der Waals surface area (Å²) in [5.74, 6) is 0.533. The van der Waals surface area contributed by atoms with Gasteiger partial charge in [0.15, 0.2) is 23.1 Å². The standard InChI is InChI=1S/C27H28FN9O2/c1-27(2,3)39-26(38)36-11-7-16(8-12-36)37-15-18(28)24-25(37)33-22(14-31-24)32-21-13-20(34-35-21)17-6-10-29-19-5-4-9-30-23(17)19/h4-6,9-10,13-16H,7-8,11-12H2,1-3H3,(H2,32,33,34,35). The van der Waals surface area contributed by atoms with E-state index in [0.29, 0.717) is 43.2 Å². The van der Waals surface area contributed by atoms with Gasteiger partial charge < -0.3 is 19.5 Å². The number of rotatable bonds is 4. The van der Waals surface area contributed by atoms with Gasteiger partial charge in [-0.05, 0) is 51.8 Å². The fraction of sp³-hybridized carbons (Fsp3) is 0.333. The molecule has 200 valence electrons. The van der Waals surface area contributed by atoms with Gasteiger partial charge in [0, 0.05) is 49.4 Å². The number of likely N-dealkylation sites (tertiary alicyclic amines) is 1. The molecule has 0 spiro atoms. The van der Waals surface area contributed by atoms with Crippen LogP contribution in [0.25, 0.3) is 33.5 Å². The van der Waals surface area contributed by atoms with Gasteiger partial charge in [-0.3, -0.25) is 15.1 Å². The fourth-order valence-corrected chi connectivity index (χ4v) is 4.82. The second kappa shape index (κ2) is 9.61. The number of ether oxygens (including phenoxy) is 1. The maximum absolute atomic E-state index is 14.8. The Morgan fingerprint density at radius 3 is 2.72 bits per heavy atom. The number of H-pyrrole nitrogens is 1. The van der Waals surface area contributed by atoms with Crippen LogP contribution in [0.1, 0.15) is 39.7 Å². The van der Waals surface area contributed by atoms with Crippen molar-refractivity contribution in [1.29, 1.82) is 0 Å². The maximum atomic E-state index is 14.8. The van der Waals surface area contributed by atoms with Crippen molar-refractivity contribution in [3.8, 4) is 11.3 Å². The zero-order valence-electron chi connectivity index (χ0n) is 21.8. The minimum absolute atomic E-state index is 0.0234. The van der Waals surface area contributed by atoms with E-state index in [1.54, 1.807) is 17.3 Å². The van der Waals surface area contributed by atoms with E-state index < -0.39 is 11.4 Å². The molecule has 1 saturated heterocycles. The van der Waals surface area contributed by atoms with Gasteiger partial charge in [0.2, 0.25) is 0 Å². The first-order valence-electron chi connectivity index (χ1n) is 12.8. The highest BCUT2D eigenvalue weighted by atomic mass is 19.1. The molecule has 0 unspecified atom stereocenters. The van der Waals surface area contributed by atoms with Crippen molar-refractivity contribution in [3.63, 3.8) is 0 Å². The van der Waals surface area contributed by atoms with Crippen molar-refractivity contribution >= 4 is 39.9 Å². The van der Waals surface area contributed by atoms with Crippen molar-refractivity contribution in [2.24, 2.45) is 0 Å². The quantitative estimate of drug-likeness (QED) is 0.325. The van der Waals surface area contributed by atoms with Gasteiger partial charge in [0.1, 0.15) is 11.1 Å². The zero-order valence-corrected chi connectivity index (χ0v) is 21.8. The Labute approximate surface area is 223 Å². The van der Waals surface area contributed by atoms with Crippen LogP contribution in [0.3, 0.4) is 0 Å². The first-order chi connectivity index (χ1) is 18.7. The normalized spacial score (nSPS) is 14.7. The van der Waals surface area contributed by atoms with E-state index in [1.807, 2.05) is 49.6 Å². The molecule has 1 aliphatic heterocycles. The fourth-order valence-electron chi connectivity index (χ4n) is 4.82. The third kappa shape index (κ3) is 4.97. The SMILES string of the molecule is CC(C)(C)OC(=O)N1CCC(n2cc(F)c3ncc(Nc4cc(-c5ccnc6cccnc56)[nH]n4)nc32)CC1. The number of halogens is 1. The summed E-state index contributed by atoms with van der Waals surface area (Å²) >= 11 is 0. The molecule has 5 aromatic heterocycles. The van der Waals surface area contributed by atoms with Crippen LogP contribution in [0.2, 0.25) is 0 Å². The monoisotopic (exact) mass is 529 g/mol. The second-order valence-electron chi connectivity index (χ2n) is 10.5. The molecule has 0 atom stereocenters. The number of hydrogen-bond donors (Lipinski definition) is 2. The third-order valence-corrected chi connectivity index (χ3v) is 6.61. The van der Waals surface area contributed by atoms with Gasteiger partial charge in [-0.1, -0.05) is 0 Å². The number of aromatic nitrogens is 7. The molecule has 1 aliphatic rings. The van der Waals surface area contributed by atoms with Crippen LogP contribution in [0.4, 0.5) is 20.8 Å². The smallest absolute Gasteiger partial charge is 0.410 e. The number of hydrogen-bond acceptors (Lipinski definition) is 8. The number of anilines is 2. The van der Waals surface area contributed by atoms with Gasteiger partial charge in [-0.15, -0.1) is 0 Å². The summed E-state index contributed by atoms with van der Waals surface area (Å²) in [7, 11) is 0. The highest BCUT2D eigenvalue weighted by molar-refractivity contribution is 5.90. The average Bonchev–Trinajstić information content (AvgIpc) is 3.51. The van der Waals surface area contributed by atoms with E-state index in [-0.39, 0.29) is 17.7 Å². The largest absolute Gasteiger partial charge is 0.444 e. The number of aromatic amines is 1. The van der Waals surface area contributed by atoms with E-state index in [1.165, 1.54) is 12.4 Å². The van der Waals surface area contributed by atoms with Gasteiger partial charge in [0.05, 0.1) is 22.9 Å². The Morgan fingerprint density at radius 2 is 1.92 bits per heavy atom. The molecule has 5 aromatic rings. The number of carbonyl (C=O) groups excluding carboxylic acids is 1. The van der Waals surface area contributed by atoms with Crippen molar-refractivity contribution < 1.29 is 13.9 Å². The number of fused-ring (bicyclic) bond motifs is 2. The van der Waals surface area contributed by atoms with Crippen LogP contribution in [0, 0.1) is 5.82 Å². The third-order valence-electron chi connectivity index (χ3n) is 6.61. The lowest BCUT2D eigenvalue weighted by Gasteiger charge is -2.34. The summed E-state index contributed by atoms with van der Waals surface area (Å²) < 4.78 is 22.1. The van der Waals surface area contributed by atoms with Crippen LogP contribution in [-0.2, 0) is 4.74 Å². The molecular weight excluding hydrogens is 501 g/mol. The molecule has 39 heavy (non-hydrogen) atoms. The van der Waals surface area contributed by atoms with Gasteiger partial charge in [-0.2, -0.15) is 5.10 Å². The van der Waals surface area contributed by atoms with E-state index in [0.717, 1.165) is 22.3 Å². The lowest BCUT2D eigenvalue weighted by atomic mass is 10.1.